The first-order valence-electron chi connectivity index (χ1n) is 8.41. The molecule has 0 spiro atoms. The fourth-order valence-corrected chi connectivity index (χ4v) is 2.95. The average Bonchev–Trinajstić information content (AvgIpc) is 3.01. The molecule has 2 amide bonds. The molecule has 1 heterocycles. The fourth-order valence-electron chi connectivity index (χ4n) is 2.95. The number of methoxy groups -OCH3 is 1. The molecular formula is C19H20FN3O4. The molecule has 1 unspecified atom stereocenters. The molecule has 1 saturated heterocycles. The lowest BCUT2D eigenvalue weighted by Crippen LogP contribution is -2.33. The number of para-hydroxylation sites is 1. The lowest BCUT2D eigenvalue weighted by atomic mass is 10.2. The number of amides is 2. The predicted octanol–water partition coefficient (Wildman–Crippen LogP) is 1.92. The molecule has 7 nitrogen and oxygen atoms in total. The molecule has 2 aromatic carbocycles. The van der Waals surface area contributed by atoms with Crippen molar-refractivity contribution in [3.8, 4) is 11.5 Å². The SMILES string of the molecule is COc1ccc(NC2CCN(c3ccccc3F)C2=O)cc1OCC(N)=O. The standard InChI is InChI=1S/C19H20FN3O4/c1-26-16-7-6-12(10-17(16)27-11-18(21)24)22-14-8-9-23(19(14)25)15-5-3-2-4-13(15)20/h2-7,10,14,22H,8-9,11H2,1H3,(H2,21,24). The van der Waals surface area contributed by atoms with Gasteiger partial charge in [-0.25, -0.2) is 4.39 Å². The van der Waals surface area contributed by atoms with Crippen LogP contribution in [0.25, 0.3) is 0 Å². The lowest BCUT2D eigenvalue weighted by molar-refractivity contribution is -0.120. The average molecular weight is 373 g/mol. The summed E-state index contributed by atoms with van der Waals surface area (Å²) in [6, 6.07) is 10.7. The number of hydrogen-bond donors (Lipinski definition) is 2. The zero-order valence-corrected chi connectivity index (χ0v) is 14.8. The number of carbonyl (C=O) groups excluding carboxylic acids is 2. The zero-order chi connectivity index (χ0) is 19.4. The number of primary amides is 1. The first kappa shape index (κ1) is 18.5. The fraction of sp³-hybridized carbons (Fsp3) is 0.263. The molecule has 1 fully saturated rings. The van der Waals surface area contributed by atoms with Gasteiger partial charge in [0.2, 0.25) is 5.91 Å². The molecule has 0 aliphatic carbocycles. The molecular weight excluding hydrogens is 353 g/mol. The van der Waals surface area contributed by atoms with Crippen LogP contribution < -0.4 is 25.4 Å². The van der Waals surface area contributed by atoms with E-state index in [0.717, 1.165) is 0 Å². The largest absolute Gasteiger partial charge is 0.493 e. The zero-order valence-electron chi connectivity index (χ0n) is 14.8. The Bertz CT molecular complexity index is 859. The molecule has 3 rings (SSSR count). The molecule has 1 atom stereocenters. The third kappa shape index (κ3) is 4.11. The van der Waals surface area contributed by atoms with E-state index in [4.69, 9.17) is 15.2 Å². The van der Waals surface area contributed by atoms with E-state index in [-0.39, 0.29) is 18.2 Å². The highest BCUT2D eigenvalue weighted by Gasteiger charge is 2.33. The van der Waals surface area contributed by atoms with Gasteiger partial charge in [0.15, 0.2) is 18.1 Å². The van der Waals surface area contributed by atoms with Crippen molar-refractivity contribution in [3.05, 3.63) is 48.3 Å². The van der Waals surface area contributed by atoms with Crippen LogP contribution >= 0.6 is 0 Å². The maximum Gasteiger partial charge on any atom is 0.255 e. The molecule has 0 bridgehead atoms. The van der Waals surface area contributed by atoms with Crippen molar-refractivity contribution >= 4 is 23.2 Å². The highest BCUT2D eigenvalue weighted by molar-refractivity contribution is 6.01. The van der Waals surface area contributed by atoms with Gasteiger partial charge in [-0.05, 0) is 30.7 Å². The molecule has 0 radical (unpaired) electrons. The van der Waals surface area contributed by atoms with Crippen molar-refractivity contribution in [2.75, 3.05) is 30.5 Å². The van der Waals surface area contributed by atoms with Gasteiger partial charge in [0, 0.05) is 18.3 Å². The Balaban J connectivity index is 1.74. The molecule has 1 aliphatic heterocycles. The van der Waals surface area contributed by atoms with Crippen LogP contribution in [0.3, 0.4) is 0 Å². The van der Waals surface area contributed by atoms with Gasteiger partial charge >= 0.3 is 0 Å². The molecule has 3 N–H and O–H groups in total. The normalized spacial score (nSPS) is 16.3. The summed E-state index contributed by atoms with van der Waals surface area (Å²) in [5.74, 6) is -0.485. The summed E-state index contributed by atoms with van der Waals surface area (Å²) in [5, 5.41) is 3.12. The number of rotatable bonds is 7. The van der Waals surface area contributed by atoms with Gasteiger partial charge in [0.25, 0.3) is 5.91 Å². The molecule has 0 aromatic heterocycles. The van der Waals surface area contributed by atoms with Gasteiger partial charge in [-0.15, -0.1) is 0 Å². The van der Waals surface area contributed by atoms with Crippen molar-refractivity contribution in [3.63, 3.8) is 0 Å². The van der Waals surface area contributed by atoms with Gasteiger partial charge in [0.1, 0.15) is 11.9 Å². The number of benzene rings is 2. The van der Waals surface area contributed by atoms with Crippen molar-refractivity contribution in [1.29, 1.82) is 0 Å². The van der Waals surface area contributed by atoms with E-state index in [1.54, 1.807) is 36.4 Å². The highest BCUT2D eigenvalue weighted by atomic mass is 19.1. The minimum absolute atomic E-state index is 0.212. The number of nitrogens with two attached hydrogens (primary N) is 1. The Hall–Kier alpha value is -3.29. The highest BCUT2D eigenvalue weighted by Crippen LogP contribution is 2.32. The number of anilines is 2. The Morgan fingerprint density at radius 2 is 2.07 bits per heavy atom. The summed E-state index contributed by atoms with van der Waals surface area (Å²) in [6.07, 6.45) is 0.524. The van der Waals surface area contributed by atoms with Crippen LogP contribution in [-0.2, 0) is 9.59 Å². The predicted molar refractivity (Wildman–Crippen MR) is 98.5 cm³/mol. The molecule has 27 heavy (non-hydrogen) atoms. The Labute approximate surface area is 155 Å². The van der Waals surface area contributed by atoms with E-state index in [0.29, 0.717) is 30.2 Å². The summed E-state index contributed by atoms with van der Waals surface area (Å²) in [7, 11) is 1.48. The second-order valence-corrected chi connectivity index (χ2v) is 6.05. The number of carbonyl (C=O) groups is 2. The molecule has 8 heteroatoms. The summed E-state index contributed by atoms with van der Waals surface area (Å²) < 4.78 is 24.5. The maximum atomic E-state index is 14.0. The number of halogens is 1. The Kier molecular flexibility index (Phi) is 5.44. The Morgan fingerprint density at radius 3 is 2.78 bits per heavy atom. The Morgan fingerprint density at radius 1 is 1.30 bits per heavy atom. The van der Waals surface area contributed by atoms with E-state index >= 15 is 0 Å². The molecule has 142 valence electrons. The van der Waals surface area contributed by atoms with Crippen molar-refractivity contribution in [2.45, 2.75) is 12.5 Å². The van der Waals surface area contributed by atoms with Crippen molar-refractivity contribution in [1.82, 2.24) is 0 Å². The topological polar surface area (TPSA) is 93.9 Å². The van der Waals surface area contributed by atoms with Crippen molar-refractivity contribution < 1.29 is 23.5 Å². The van der Waals surface area contributed by atoms with Crippen LogP contribution in [0, 0.1) is 5.82 Å². The van der Waals surface area contributed by atoms with Crippen molar-refractivity contribution in [2.24, 2.45) is 5.73 Å². The van der Waals surface area contributed by atoms with E-state index in [9.17, 15) is 14.0 Å². The number of hydrogen-bond acceptors (Lipinski definition) is 5. The number of nitrogens with zero attached hydrogens (tertiary/aromatic N) is 1. The van der Waals surface area contributed by atoms with Crippen LogP contribution in [0.4, 0.5) is 15.8 Å². The third-order valence-corrected chi connectivity index (χ3v) is 4.22. The minimum atomic E-state index is -0.609. The van der Waals surface area contributed by atoms with Gasteiger partial charge in [-0.3, -0.25) is 9.59 Å². The first-order valence-corrected chi connectivity index (χ1v) is 8.41. The minimum Gasteiger partial charge on any atom is -0.493 e. The lowest BCUT2D eigenvalue weighted by Gasteiger charge is -2.19. The number of nitrogens with one attached hydrogen (secondary N) is 1. The maximum absolute atomic E-state index is 14.0. The van der Waals surface area contributed by atoms with E-state index in [1.807, 2.05) is 0 Å². The quantitative estimate of drug-likeness (QED) is 0.773. The molecule has 2 aromatic rings. The van der Waals surface area contributed by atoms with E-state index < -0.39 is 17.8 Å². The monoisotopic (exact) mass is 373 g/mol. The van der Waals surface area contributed by atoms with Gasteiger partial charge < -0.3 is 25.4 Å². The molecule has 0 saturated carbocycles. The smallest absolute Gasteiger partial charge is 0.255 e. The summed E-state index contributed by atoms with van der Waals surface area (Å²) in [6.45, 7) is 0.127. The van der Waals surface area contributed by atoms with Crippen LogP contribution in [0.15, 0.2) is 42.5 Å². The number of ether oxygens (including phenoxy) is 2. The third-order valence-electron chi connectivity index (χ3n) is 4.22. The summed E-state index contributed by atoms with van der Waals surface area (Å²) in [5.41, 5.74) is 5.99. The summed E-state index contributed by atoms with van der Waals surface area (Å²) in [4.78, 5) is 25.0. The second-order valence-electron chi connectivity index (χ2n) is 6.05. The second kappa shape index (κ2) is 7.94. The van der Waals surface area contributed by atoms with Crippen LogP contribution in [0.2, 0.25) is 0 Å². The molecule has 1 aliphatic rings. The van der Waals surface area contributed by atoms with E-state index in [2.05, 4.69) is 5.32 Å². The van der Waals surface area contributed by atoms with Gasteiger partial charge in [-0.1, -0.05) is 12.1 Å². The van der Waals surface area contributed by atoms with Gasteiger partial charge in [-0.2, -0.15) is 0 Å². The van der Waals surface area contributed by atoms with E-state index in [1.165, 1.54) is 18.1 Å². The van der Waals surface area contributed by atoms with Crippen LogP contribution in [0.1, 0.15) is 6.42 Å². The summed E-state index contributed by atoms with van der Waals surface area (Å²) >= 11 is 0. The van der Waals surface area contributed by atoms with Crippen LogP contribution in [-0.4, -0.2) is 38.1 Å². The van der Waals surface area contributed by atoms with Gasteiger partial charge in [0.05, 0.1) is 12.8 Å². The first-order chi connectivity index (χ1) is 13.0. The van der Waals surface area contributed by atoms with Crippen LogP contribution in [0.5, 0.6) is 11.5 Å².